The van der Waals surface area contributed by atoms with Crippen molar-refractivity contribution in [3.63, 3.8) is 0 Å². The molecular weight excluding hydrogens is 623 g/mol. The van der Waals surface area contributed by atoms with Gasteiger partial charge in [-0.1, -0.05) is 121 Å². The van der Waals surface area contributed by atoms with Crippen LogP contribution < -0.4 is 5.32 Å². The van der Waals surface area contributed by atoms with E-state index in [1.807, 2.05) is 6.07 Å². The number of nitrogens with one attached hydrogen (secondary N) is 1. The highest BCUT2D eigenvalue weighted by Gasteiger charge is 2.17. The number of para-hydroxylation sites is 5. The molecule has 0 aliphatic heterocycles. The summed E-state index contributed by atoms with van der Waals surface area (Å²) in [5, 5.41) is 8.54. The lowest BCUT2D eigenvalue weighted by Gasteiger charge is -2.15. The molecule has 0 bridgehead atoms. The van der Waals surface area contributed by atoms with Crippen molar-refractivity contribution in [3.8, 4) is 34.0 Å². The number of hydrogen-bond donors (Lipinski definition) is 1. The number of anilines is 2. The second-order valence-corrected chi connectivity index (χ2v) is 12.8. The minimum atomic E-state index is 0.642. The highest BCUT2D eigenvalue weighted by atomic mass is 15.1. The van der Waals surface area contributed by atoms with E-state index in [0.717, 1.165) is 44.9 Å². The van der Waals surface area contributed by atoms with Crippen molar-refractivity contribution in [1.82, 2.24) is 19.1 Å². The molecule has 0 unspecified atom stereocenters. The van der Waals surface area contributed by atoms with E-state index in [1.54, 1.807) is 0 Å². The quantitative estimate of drug-likeness (QED) is 0.194. The number of benzene rings is 7. The average molecular weight is 654 g/mol. The number of nitrogens with zero attached hydrogens (tertiary/aromatic N) is 4. The lowest BCUT2D eigenvalue weighted by atomic mass is 10.0. The molecule has 10 rings (SSSR count). The van der Waals surface area contributed by atoms with E-state index in [4.69, 9.17) is 9.97 Å². The normalized spacial score (nSPS) is 11.5. The summed E-state index contributed by atoms with van der Waals surface area (Å²) in [6, 6.07) is 63.7. The third-order valence-electron chi connectivity index (χ3n) is 9.76. The first kappa shape index (κ1) is 29.0. The van der Waals surface area contributed by atoms with Crippen molar-refractivity contribution >= 4 is 55.1 Å². The number of aromatic nitrogens is 4. The molecule has 240 valence electrons. The molecule has 7 aromatic carbocycles. The van der Waals surface area contributed by atoms with Gasteiger partial charge in [0.05, 0.1) is 22.1 Å². The summed E-state index contributed by atoms with van der Waals surface area (Å²) < 4.78 is 4.58. The van der Waals surface area contributed by atoms with Gasteiger partial charge in [0, 0.05) is 50.1 Å². The van der Waals surface area contributed by atoms with Gasteiger partial charge < -0.3 is 9.88 Å². The first-order chi connectivity index (χ1) is 25.3. The van der Waals surface area contributed by atoms with Crippen LogP contribution in [-0.2, 0) is 0 Å². The molecule has 0 saturated heterocycles. The van der Waals surface area contributed by atoms with Crippen LogP contribution in [0.1, 0.15) is 0 Å². The van der Waals surface area contributed by atoms with Crippen molar-refractivity contribution < 1.29 is 0 Å². The van der Waals surface area contributed by atoms with Gasteiger partial charge in [0.25, 0.3) is 0 Å². The molecule has 1 N–H and O–H groups in total. The van der Waals surface area contributed by atoms with Gasteiger partial charge in [0.2, 0.25) is 0 Å². The predicted molar refractivity (Wildman–Crippen MR) is 211 cm³/mol. The molecule has 0 spiro atoms. The summed E-state index contributed by atoms with van der Waals surface area (Å²) in [6.07, 6.45) is 0. The molecule has 10 aromatic rings. The van der Waals surface area contributed by atoms with E-state index >= 15 is 0 Å². The zero-order chi connectivity index (χ0) is 33.7. The fourth-order valence-corrected chi connectivity index (χ4v) is 7.47. The molecule has 51 heavy (non-hydrogen) atoms. The van der Waals surface area contributed by atoms with Crippen molar-refractivity contribution in [1.29, 1.82) is 0 Å². The van der Waals surface area contributed by atoms with Crippen LogP contribution in [-0.4, -0.2) is 19.1 Å². The fraction of sp³-hybridized carbons (Fsp3) is 0. The number of fused-ring (bicyclic) bond motifs is 6. The summed E-state index contributed by atoms with van der Waals surface area (Å²) in [5.41, 5.74) is 9.79. The Morgan fingerprint density at radius 3 is 1.47 bits per heavy atom. The summed E-state index contributed by atoms with van der Waals surface area (Å²) in [6.45, 7) is 0. The maximum absolute atomic E-state index is 5.27. The standard InChI is InChI=1S/C46H31N5/c1-2-14-31(15-3-1)34-16-4-9-21-39(34)47-44-30-45(51-42-24-12-7-19-37(42)38-20-8-13-25-43(38)51)49-46(48-44)32-26-28-33(29-27-32)50-40-22-10-5-17-35(40)36-18-6-11-23-41(36)50/h1-30H,(H,47,48,49). The smallest absolute Gasteiger partial charge is 0.163 e. The molecule has 0 saturated carbocycles. The highest BCUT2D eigenvalue weighted by molar-refractivity contribution is 6.10. The van der Waals surface area contributed by atoms with Crippen LogP contribution in [0.5, 0.6) is 0 Å². The first-order valence-corrected chi connectivity index (χ1v) is 17.2. The maximum Gasteiger partial charge on any atom is 0.163 e. The average Bonchev–Trinajstić information content (AvgIpc) is 3.72. The molecule has 0 radical (unpaired) electrons. The van der Waals surface area contributed by atoms with Crippen molar-refractivity contribution in [2.45, 2.75) is 0 Å². The topological polar surface area (TPSA) is 47.7 Å². The molecular formula is C46H31N5. The van der Waals surface area contributed by atoms with Crippen molar-refractivity contribution in [2.24, 2.45) is 0 Å². The molecule has 3 heterocycles. The molecule has 0 atom stereocenters. The Morgan fingerprint density at radius 2 is 0.882 bits per heavy atom. The highest BCUT2D eigenvalue weighted by Crippen LogP contribution is 2.36. The van der Waals surface area contributed by atoms with Gasteiger partial charge in [-0.15, -0.1) is 0 Å². The van der Waals surface area contributed by atoms with E-state index < -0.39 is 0 Å². The van der Waals surface area contributed by atoms with E-state index in [0.29, 0.717) is 11.6 Å². The Hall–Kier alpha value is -6.98. The molecule has 0 aliphatic carbocycles. The van der Waals surface area contributed by atoms with Crippen LogP contribution in [0.2, 0.25) is 0 Å². The lowest BCUT2D eigenvalue weighted by Crippen LogP contribution is -2.05. The van der Waals surface area contributed by atoms with Gasteiger partial charge in [-0.3, -0.25) is 4.57 Å². The Labute approximate surface area is 294 Å². The van der Waals surface area contributed by atoms with E-state index in [1.165, 1.54) is 32.6 Å². The van der Waals surface area contributed by atoms with Crippen LogP contribution in [0, 0.1) is 0 Å². The predicted octanol–water partition coefficient (Wildman–Crippen LogP) is 11.7. The molecule has 5 nitrogen and oxygen atoms in total. The van der Waals surface area contributed by atoms with Gasteiger partial charge in [0.1, 0.15) is 11.6 Å². The summed E-state index contributed by atoms with van der Waals surface area (Å²) in [4.78, 5) is 10.4. The first-order valence-electron chi connectivity index (χ1n) is 17.2. The van der Waals surface area contributed by atoms with Gasteiger partial charge in [0.15, 0.2) is 5.82 Å². The second-order valence-electron chi connectivity index (χ2n) is 12.8. The maximum atomic E-state index is 5.27. The zero-order valence-corrected chi connectivity index (χ0v) is 27.6. The Balaban J connectivity index is 1.15. The molecule has 0 amide bonds. The monoisotopic (exact) mass is 653 g/mol. The number of hydrogen-bond acceptors (Lipinski definition) is 3. The van der Waals surface area contributed by atoms with Crippen molar-refractivity contribution in [3.05, 3.63) is 182 Å². The SMILES string of the molecule is c1ccc(-c2ccccc2Nc2cc(-n3c4ccccc4c4ccccc43)nc(-c3ccc(-n4c5ccccc5c5ccccc54)cc3)n2)cc1. The minimum Gasteiger partial charge on any atom is -0.340 e. The minimum absolute atomic E-state index is 0.642. The Bertz CT molecular complexity index is 2780. The fourth-order valence-electron chi connectivity index (χ4n) is 7.47. The number of rotatable bonds is 6. The van der Waals surface area contributed by atoms with E-state index in [-0.39, 0.29) is 0 Å². The van der Waals surface area contributed by atoms with Crippen LogP contribution in [0.4, 0.5) is 11.5 Å². The third kappa shape index (κ3) is 4.86. The zero-order valence-electron chi connectivity index (χ0n) is 27.6. The van der Waals surface area contributed by atoms with Crippen LogP contribution in [0.15, 0.2) is 182 Å². The van der Waals surface area contributed by atoms with Gasteiger partial charge >= 0.3 is 0 Å². The molecule has 0 fully saturated rings. The van der Waals surface area contributed by atoms with Gasteiger partial charge in [-0.05, 0) is 60.2 Å². The molecule has 5 heteroatoms. The van der Waals surface area contributed by atoms with Crippen molar-refractivity contribution in [2.75, 3.05) is 5.32 Å². The third-order valence-corrected chi connectivity index (χ3v) is 9.76. The summed E-state index contributed by atoms with van der Waals surface area (Å²) in [7, 11) is 0. The van der Waals surface area contributed by atoms with Gasteiger partial charge in [-0.2, -0.15) is 0 Å². The largest absolute Gasteiger partial charge is 0.340 e. The van der Waals surface area contributed by atoms with Crippen LogP contribution in [0.3, 0.4) is 0 Å². The lowest BCUT2D eigenvalue weighted by molar-refractivity contribution is 1.05. The summed E-state index contributed by atoms with van der Waals surface area (Å²) >= 11 is 0. The van der Waals surface area contributed by atoms with E-state index in [9.17, 15) is 0 Å². The van der Waals surface area contributed by atoms with Crippen LogP contribution in [0.25, 0.3) is 77.6 Å². The Kier molecular flexibility index (Phi) is 6.74. The molecule has 3 aromatic heterocycles. The Morgan fingerprint density at radius 1 is 0.392 bits per heavy atom. The summed E-state index contributed by atoms with van der Waals surface area (Å²) in [5.74, 6) is 2.15. The van der Waals surface area contributed by atoms with Crippen LogP contribution >= 0.6 is 0 Å². The molecule has 0 aliphatic rings. The second kappa shape index (κ2) is 11.9. The van der Waals surface area contributed by atoms with Gasteiger partial charge in [-0.25, -0.2) is 9.97 Å². The van der Waals surface area contributed by atoms with E-state index in [2.05, 4.69) is 190 Å².